The largest absolute Gasteiger partial charge is 0.338 e. The normalized spacial score (nSPS) is 18.6. The number of nitrogens with two attached hydrogens (primary N) is 1. The van der Waals surface area contributed by atoms with E-state index in [2.05, 4.69) is 0 Å². The first-order chi connectivity index (χ1) is 12.3. The highest BCUT2D eigenvalue weighted by molar-refractivity contribution is 7.90. The van der Waals surface area contributed by atoms with E-state index in [1.807, 2.05) is 13.8 Å². The van der Waals surface area contributed by atoms with Crippen molar-refractivity contribution >= 4 is 28.3 Å². The first-order valence-corrected chi connectivity index (χ1v) is 10.3. The van der Waals surface area contributed by atoms with E-state index in [1.54, 1.807) is 35.2 Å². The van der Waals surface area contributed by atoms with E-state index in [9.17, 15) is 13.2 Å². The molecule has 6 nitrogen and oxygen atoms in total. The molecule has 0 spiro atoms. The third kappa shape index (κ3) is 4.54. The second-order valence-electron chi connectivity index (χ2n) is 7.06. The molecule has 3 rings (SSSR count). The molecule has 2 unspecified atom stereocenters. The Labute approximate surface area is 166 Å². The van der Waals surface area contributed by atoms with Gasteiger partial charge in [0.2, 0.25) is 0 Å². The van der Waals surface area contributed by atoms with Crippen LogP contribution >= 0.6 is 12.4 Å². The highest BCUT2D eigenvalue weighted by atomic mass is 35.5. The van der Waals surface area contributed by atoms with E-state index in [0.29, 0.717) is 18.7 Å². The third-order valence-corrected chi connectivity index (χ3v) is 6.65. The molecule has 0 bridgehead atoms. The maximum atomic E-state index is 12.8. The monoisotopic (exact) mass is 411 g/mol. The quantitative estimate of drug-likeness (QED) is 0.837. The predicted octanol–water partition coefficient (Wildman–Crippen LogP) is 2.65. The van der Waals surface area contributed by atoms with Gasteiger partial charge >= 0.3 is 0 Å². The summed E-state index contributed by atoms with van der Waals surface area (Å²) in [6.07, 6.45) is 4.76. The molecular formula is C19H26ClN3O3S. The van der Waals surface area contributed by atoms with Gasteiger partial charge in [-0.25, -0.2) is 12.4 Å². The van der Waals surface area contributed by atoms with Gasteiger partial charge in [-0.1, -0.05) is 17.7 Å². The fourth-order valence-corrected chi connectivity index (χ4v) is 4.49. The minimum atomic E-state index is -3.70. The fraction of sp³-hybridized carbons (Fsp3) is 0.421. The molecule has 1 aromatic carbocycles. The standard InChI is InChI=1S/C19H25N3O3S.ClH/c1-14-5-7-18(8-6-14)26(24,25)22-11-9-17(13-22)19(23)21-10-3-4-16(12-21)15(2)20;/h5-9,11,13,15-16H,3-4,10,12,20H2,1-2H3;1H. The van der Waals surface area contributed by atoms with E-state index in [0.717, 1.165) is 22.4 Å². The summed E-state index contributed by atoms with van der Waals surface area (Å²) in [6, 6.07) is 8.25. The van der Waals surface area contributed by atoms with Crippen LogP contribution in [0.2, 0.25) is 0 Å². The van der Waals surface area contributed by atoms with Crippen molar-refractivity contribution in [1.82, 2.24) is 8.87 Å². The summed E-state index contributed by atoms with van der Waals surface area (Å²) in [6.45, 7) is 5.16. The van der Waals surface area contributed by atoms with Crippen LogP contribution in [0.4, 0.5) is 0 Å². The van der Waals surface area contributed by atoms with Gasteiger partial charge in [0, 0.05) is 31.5 Å². The van der Waals surface area contributed by atoms with Crippen LogP contribution in [0.3, 0.4) is 0 Å². The zero-order valence-corrected chi connectivity index (χ0v) is 17.2. The molecule has 2 N–H and O–H groups in total. The number of halogens is 1. The van der Waals surface area contributed by atoms with Crippen LogP contribution in [0, 0.1) is 12.8 Å². The molecule has 2 aromatic rings. The highest BCUT2D eigenvalue weighted by Gasteiger charge is 2.27. The number of benzene rings is 1. The number of hydrogen-bond donors (Lipinski definition) is 1. The molecule has 1 amide bonds. The number of nitrogens with zero attached hydrogens (tertiary/aromatic N) is 2. The highest BCUT2D eigenvalue weighted by Crippen LogP contribution is 2.22. The summed E-state index contributed by atoms with van der Waals surface area (Å²) in [7, 11) is -3.70. The van der Waals surface area contributed by atoms with E-state index in [4.69, 9.17) is 5.73 Å². The Balaban J connectivity index is 0.00000261. The molecule has 0 saturated carbocycles. The first-order valence-electron chi connectivity index (χ1n) is 8.84. The fourth-order valence-electron chi connectivity index (χ4n) is 3.29. The molecule has 27 heavy (non-hydrogen) atoms. The van der Waals surface area contributed by atoms with E-state index in [-0.39, 0.29) is 35.2 Å². The molecule has 8 heteroatoms. The second-order valence-corrected chi connectivity index (χ2v) is 8.90. The number of rotatable bonds is 4. The minimum absolute atomic E-state index is 0. The average Bonchev–Trinajstić information content (AvgIpc) is 3.12. The third-order valence-electron chi connectivity index (χ3n) is 5.00. The van der Waals surface area contributed by atoms with Crippen LogP contribution in [0.5, 0.6) is 0 Å². The number of aryl methyl sites for hydroxylation is 1. The molecule has 1 aromatic heterocycles. The van der Waals surface area contributed by atoms with Gasteiger partial charge in [0.15, 0.2) is 0 Å². The van der Waals surface area contributed by atoms with Crippen molar-refractivity contribution in [2.75, 3.05) is 13.1 Å². The molecule has 1 fully saturated rings. The molecule has 2 atom stereocenters. The van der Waals surface area contributed by atoms with Crippen molar-refractivity contribution in [2.24, 2.45) is 11.7 Å². The molecule has 148 valence electrons. The van der Waals surface area contributed by atoms with Crippen LogP contribution < -0.4 is 5.73 Å². The zero-order valence-electron chi connectivity index (χ0n) is 15.5. The van der Waals surface area contributed by atoms with Gasteiger partial charge in [-0.3, -0.25) is 4.79 Å². The van der Waals surface area contributed by atoms with Crippen molar-refractivity contribution in [2.45, 2.75) is 37.6 Å². The molecular weight excluding hydrogens is 386 g/mol. The topological polar surface area (TPSA) is 85.4 Å². The Morgan fingerprint density at radius 1 is 1.22 bits per heavy atom. The Morgan fingerprint density at radius 3 is 2.52 bits per heavy atom. The van der Waals surface area contributed by atoms with Crippen LogP contribution in [-0.4, -0.2) is 42.3 Å². The van der Waals surface area contributed by atoms with Crippen molar-refractivity contribution in [3.8, 4) is 0 Å². The Hall–Kier alpha value is -1.83. The lowest BCUT2D eigenvalue weighted by Crippen LogP contribution is -2.45. The van der Waals surface area contributed by atoms with E-state index < -0.39 is 10.0 Å². The molecule has 0 radical (unpaired) electrons. The van der Waals surface area contributed by atoms with Crippen LogP contribution in [-0.2, 0) is 10.0 Å². The lowest BCUT2D eigenvalue weighted by atomic mass is 9.92. The lowest BCUT2D eigenvalue weighted by Gasteiger charge is -2.34. The number of carbonyl (C=O) groups excluding carboxylic acids is 1. The van der Waals surface area contributed by atoms with Crippen molar-refractivity contribution in [3.63, 3.8) is 0 Å². The number of likely N-dealkylation sites (tertiary alicyclic amines) is 1. The summed E-state index contributed by atoms with van der Waals surface area (Å²) >= 11 is 0. The average molecular weight is 412 g/mol. The summed E-state index contributed by atoms with van der Waals surface area (Å²) in [5.74, 6) is 0.138. The van der Waals surface area contributed by atoms with Crippen molar-refractivity contribution < 1.29 is 13.2 Å². The smallest absolute Gasteiger partial charge is 0.267 e. The summed E-state index contributed by atoms with van der Waals surface area (Å²) in [4.78, 5) is 14.7. The lowest BCUT2D eigenvalue weighted by molar-refractivity contribution is 0.0661. The van der Waals surface area contributed by atoms with Gasteiger partial charge in [-0.05, 0) is 50.8 Å². The minimum Gasteiger partial charge on any atom is -0.338 e. The summed E-state index contributed by atoms with van der Waals surface area (Å²) < 4.78 is 26.5. The molecule has 1 aliphatic heterocycles. The Bertz CT molecular complexity index is 891. The summed E-state index contributed by atoms with van der Waals surface area (Å²) in [5, 5.41) is 0. The maximum Gasteiger partial charge on any atom is 0.267 e. The molecule has 0 aliphatic carbocycles. The summed E-state index contributed by atoms with van der Waals surface area (Å²) in [5.41, 5.74) is 7.35. The molecule has 1 aliphatic rings. The van der Waals surface area contributed by atoms with Crippen molar-refractivity contribution in [1.29, 1.82) is 0 Å². The number of hydrogen-bond acceptors (Lipinski definition) is 4. The van der Waals surface area contributed by atoms with Gasteiger partial charge < -0.3 is 10.6 Å². The van der Waals surface area contributed by atoms with Gasteiger partial charge in [0.1, 0.15) is 0 Å². The number of aromatic nitrogens is 1. The van der Waals surface area contributed by atoms with Gasteiger partial charge in [-0.15, -0.1) is 12.4 Å². The van der Waals surface area contributed by atoms with E-state index in [1.165, 1.54) is 12.4 Å². The van der Waals surface area contributed by atoms with Gasteiger partial charge in [0.25, 0.3) is 15.9 Å². The zero-order chi connectivity index (χ0) is 18.9. The first kappa shape index (κ1) is 21.5. The SMILES string of the molecule is Cc1ccc(S(=O)(=O)n2ccc(C(=O)N3CCCC(C(C)N)C3)c2)cc1.Cl. The van der Waals surface area contributed by atoms with Crippen molar-refractivity contribution in [3.05, 3.63) is 53.9 Å². The van der Waals surface area contributed by atoms with Crippen LogP contribution in [0.25, 0.3) is 0 Å². The number of carbonyl (C=O) groups is 1. The van der Waals surface area contributed by atoms with Gasteiger partial charge in [-0.2, -0.15) is 0 Å². The van der Waals surface area contributed by atoms with Crippen LogP contribution in [0.1, 0.15) is 35.7 Å². The second kappa shape index (κ2) is 8.46. The number of amides is 1. The molecule has 2 heterocycles. The predicted molar refractivity (Wildman–Crippen MR) is 108 cm³/mol. The number of piperidine rings is 1. The van der Waals surface area contributed by atoms with Gasteiger partial charge in [0.05, 0.1) is 10.5 Å². The Kier molecular flexibility index (Phi) is 6.72. The van der Waals surface area contributed by atoms with E-state index >= 15 is 0 Å². The Morgan fingerprint density at radius 2 is 1.89 bits per heavy atom. The maximum absolute atomic E-state index is 12.8. The molecule has 1 saturated heterocycles. The van der Waals surface area contributed by atoms with Crippen LogP contribution in [0.15, 0.2) is 47.6 Å².